The van der Waals surface area contributed by atoms with Crippen LogP contribution in [0.25, 0.3) is 11.1 Å². The molecule has 2 aromatic rings. The molecule has 7 nitrogen and oxygen atoms in total. The van der Waals surface area contributed by atoms with E-state index in [4.69, 9.17) is 4.74 Å². The monoisotopic (exact) mass is 444 g/mol. The molecule has 7 heteroatoms. The lowest BCUT2D eigenvalue weighted by Crippen LogP contribution is -2.52. The SMILES string of the molecule is CC(C)COC(=O)N[C@@H](CC(C)C)C(=O)N[C@@H](C(C)C)[C@H](O)c1c(-c2ccccc2)c1=O. The first kappa shape index (κ1) is 25.6. The van der Waals surface area contributed by atoms with Gasteiger partial charge in [-0.25, -0.2) is 4.79 Å². The third-order valence-corrected chi connectivity index (χ3v) is 5.27. The number of aliphatic hydroxyl groups excluding tert-OH is 1. The molecule has 0 aromatic heterocycles. The number of alkyl carbamates (subject to hydrolysis) is 1. The van der Waals surface area contributed by atoms with Crippen molar-refractivity contribution in [2.24, 2.45) is 17.8 Å². The van der Waals surface area contributed by atoms with Crippen molar-refractivity contribution in [3.8, 4) is 11.1 Å². The van der Waals surface area contributed by atoms with Gasteiger partial charge in [-0.15, -0.1) is 0 Å². The summed E-state index contributed by atoms with van der Waals surface area (Å²) in [6, 6.07) is 7.69. The third kappa shape index (κ3) is 6.92. The van der Waals surface area contributed by atoms with E-state index < -0.39 is 30.2 Å². The minimum absolute atomic E-state index is 0.139. The van der Waals surface area contributed by atoms with Crippen LogP contribution in [0.15, 0.2) is 35.1 Å². The van der Waals surface area contributed by atoms with Crippen LogP contribution in [0, 0.1) is 17.8 Å². The van der Waals surface area contributed by atoms with Crippen LogP contribution < -0.4 is 16.1 Å². The Labute approximate surface area is 190 Å². The van der Waals surface area contributed by atoms with Gasteiger partial charge in [0.15, 0.2) is 5.43 Å². The molecule has 0 heterocycles. The van der Waals surface area contributed by atoms with Gasteiger partial charge in [-0.1, -0.05) is 71.9 Å². The summed E-state index contributed by atoms with van der Waals surface area (Å²) in [7, 11) is 0. The van der Waals surface area contributed by atoms with Crippen LogP contribution in [-0.4, -0.2) is 35.8 Å². The molecule has 2 amide bonds. The second kappa shape index (κ2) is 11.3. The molecule has 3 atom stereocenters. The van der Waals surface area contributed by atoms with Gasteiger partial charge in [0.05, 0.1) is 12.6 Å². The molecule has 0 saturated heterocycles. The van der Waals surface area contributed by atoms with Crippen molar-refractivity contribution in [1.82, 2.24) is 10.6 Å². The summed E-state index contributed by atoms with van der Waals surface area (Å²) in [4.78, 5) is 37.6. The van der Waals surface area contributed by atoms with Crippen LogP contribution in [0.5, 0.6) is 0 Å². The van der Waals surface area contributed by atoms with Gasteiger partial charge in [0.1, 0.15) is 12.1 Å². The second-order valence-electron chi connectivity index (χ2n) is 9.53. The topological polar surface area (TPSA) is 105 Å². The van der Waals surface area contributed by atoms with Crippen LogP contribution in [0.1, 0.15) is 59.6 Å². The molecule has 0 bridgehead atoms. The van der Waals surface area contributed by atoms with Crippen LogP contribution in [0.4, 0.5) is 4.79 Å². The zero-order valence-electron chi connectivity index (χ0n) is 19.8. The average Bonchev–Trinajstić information content (AvgIpc) is 3.40. The summed E-state index contributed by atoms with van der Waals surface area (Å²) in [5, 5.41) is 16.5. The van der Waals surface area contributed by atoms with Gasteiger partial charge in [-0.2, -0.15) is 0 Å². The molecule has 0 spiro atoms. The first-order chi connectivity index (χ1) is 15.0. The Morgan fingerprint density at radius 3 is 2.12 bits per heavy atom. The number of benzene rings is 1. The van der Waals surface area contributed by atoms with Gasteiger partial charge >= 0.3 is 6.09 Å². The molecular weight excluding hydrogens is 408 g/mol. The van der Waals surface area contributed by atoms with E-state index in [9.17, 15) is 19.5 Å². The molecule has 0 radical (unpaired) electrons. The van der Waals surface area contributed by atoms with Crippen LogP contribution in [0.2, 0.25) is 0 Å². The van der Waals surface area contributed by atoms with Gasteiger partial charge in [0, 0.05) is 11.1 Å². The average molecular weight is 445 g/mol. The van der Waals surface area contributed by atoms with Gasteiger partial charge in [0.2, 0.25) is 5.91 Å². The number of rotatable bonds is 11. The molecule has 0 fully saturated rings. The van der Waals surface area contributed by atoms with Crippen LogP contribution in [-0.2, 0) is 9.53 Å². The van der Waals surface area contributed by atoms with Gasteiger partial charge < -0.3 is 20.5 Å². The maximum Gasteiger partial charge on any atom is 0.407 e. The summed E-state index contributed by atoms with van der Waals surface area (Å²) in [6.07, 6.45) is -1.36. The van der Waals surface area contributed by atoms with E-state index in [1.165, 1.54) is 0 Å². The van der Waals surface area contributed by atoms with E-state index in [1.54, 1.807) is 0 Å². The molecule has 176 valence electrons. The highest BCUT2D eigenvalue weighted by Crippen LogP contribution is 2.33. The lowest BCUT2D eigenvalue weighted by molar-refractivity contribution is -0.125. The van der Waals surface area contributed by atoms with E-state index in [1.807, 2.05) is 71.9 Å². The fourth-order valence-electron chi connectivity index (χ4n) is 3.54. The third-order valence-electron chi connectivity index (χ3n) is 5.27. The molecule has 0 unspecified atom stereocenters. The molecule has 3 N–H and O–H groups in total. The summed E-state index contributed by atoms with van der Waals surface area (Å²) >= 11 is 0. The number of nitrogens with one attached hydrogen (secondary N) is 2. The van der Waals surface area contributed by atoms with Crippen molar-refractivity contribution in [1.29, 1.82) is 0 Å². The van der Waals surface area contributed by atoms with Crippen LogP contribution >= 0.6 is 0 Å². The second-order valence-corrected chi connectivity index (χ2v) is 9.53. The molecule has 2 rings (SSSR count). The zero-order chi connectivity index (χ0) is 24.0. The lowest BCUT2D eigenvalue weighted by Gasteiger charge is -2.29. The van der Waals surface area contributed by atoms with E-state index >= 15 is 0 Å². The van der Waals surface area contributed by atoms with E-state index in [0.717, 1.165) is 5.56 Å². The summed E-state index contributed by atoms with van der Waals surface area (Å²) in [5.74, 6) is -0.217. The Morgan fingerprint density at radius 1 is 0.969 bits per heavy atom. The van der Waals surface area contributed by atoms with Gasteiger partial charge in [0.25, 0.3) is 0 Å². The summed E-state index contributed by atoms with van der Waals surface area (Å²) in [6.45, 7) is 11.8. The Balaban J connectivity index is 2.13. The van der Waals surface area contributed by atoms with E-state index in [-0.39, 0.29) is 29.8 Å². The minimum atomic E-state index is -1.13. The maximum absolute atomic E-state index is 13.1. The smallest absolute Gasteiger partial charge is 0.407 e. The molecule has 0 aliphatic heterocycles. The van der Waals surface area contributed by atoms with E-state index in [0.29, 0.717) is 17.5 Å². The fourth-order valence-corrected chi connectivity index (χ4v) is 3.54. The van der Waals surface area contributed by atoms with Crippen molar-refractivity contribution >= 4 is 12.0 Å². The first-order valence-corrected chi connectivity index (χ1v) is 11.3. The number of ether oxygens (including phenoxy) is 1. The number of carbonyl (C=O) groups excluding carboxylic acids is 2. The number of hydrogen-bond donors (Lipinski definition) is 3. The first-order valence-electron chi connectivity index (χ1n) is 11.3. The van der Waals surface area contributed by atoms with Gasteiger partial charge in [-0.05, 0) is 29.7 Å². The Bertz CT molecular complexity index is 897. The Kier molecular flexibility index (Phi) is 9.01. The highest BCUT2D eigenvalue weighted by atomic mass is 16.5. The van der Waals surface area contributed by atoms with Crippen molar-refractivity contribution in [2.45, 2.75) is 66.2 Å². The number of hydrogen-bond acceptors (Lipinski definition) is 5. The van der Waals surface area contributed by atoms with E-state index in [2.05, 4.69) is 10.6 Å². The quantitative estimate of drug-likeness (QED) is 0.492. The molecule has 0 saturated carbocycles. The van der Waals surface area contributed by atoms with Crippen molar-refractivity contribution in [2.75, 3.05) is 6.61 Å². The molecule has 0 aliphatic carbocycles. The predicted molar refractivity (Wildman–Crippen MR) is 125 cm³/mol. The van der Waals surface area contributed by atoms with Crippen molar-refractivity contribution in [3.63, 3.8) is 0 Å². The lowest BCUT2D eigenvalue weighted by atomic mass is 9.95. The molecule has 32 heavy (non-hydrogen) atoms. The molecular formula is C25H36N2O5. The predicted octanol–water partition coefficient (Wildman–Crippen LogP) is 3.56. The van der Waals surface area contributed by atoms with Crippen LogP contribution in [0.3, 0.4) is 0 Å². The molecule has 2 aromatic carbocycles. The van der Waals surface area contributed by atoms with Crippen molar-refractivity contribution in [3.05, 3.63) is 46.1 Å². The fraction of sp³-hybridized carbons (Fsp3) is 0.560. The molecule has 0 aliphatic rings. The maximum atomic E-state index is 13.1. The minimum Gasteiger partial charge on any atom is -0.449 e. The highest BCUT2D eigenvalue weighted by molar-refractivity contribution is 5.86. The summed E-state index contributed by atoms with van der Waals surface area (Å²) in [5.41, 5.74) is 1.41. The number of aliphatic hydroxyl groups is 1. The number of amides is 2. The number of carbonyl (C=O) groups is 2. The zero-order valence-corrected chi connectivity index (χ0v) is 19.8. The Hall–Kier alpha value is -2.67. The standard InChI is InChI=1S/C25H36N2O5/c1-14(2)12-18(26-25(31)32-13-15(3)4)24(30)27-21(16(5)6)23(29)20-19(22(20)28)17-10-8-7-9-11-17/h7-11,14-16,18,21,23,29H,12-13H2,1-6H3,(H,26,31)(H,27,30)/t18-,21-,23+/m0/s1. The summed E-state index contributed by atoms with van der Waals surface area (Å²) < 4.78 is 5.16. The highest BCUT2D eigenvalue weighted by Gasteiger charge is 2.37. The van der Waals surface area contributed by atoms with Crippen molar-refractivity contribution < 1.29 is 19.4 Å². The normalized spacial score (nSPS) is 14.6. The Morgan fingerprint density at radius 2 is 1.59 bits per heavy atom. The largest absolute Gasteiger partial charge is 0.449 e. The van der Waals surface area contributed by atoms with Gasteiger partial charge in [-0.3, -0.25) is 9.59 Å².